The van der Waals surface area contributed by atoms with Gasteiger partial charge in [-0.15, -0.1) is 0 Å². The van der Waals surface area contributed by atoms with Gasteiger partial charge in [0, 0.05) is 19.6 Å². The van der Waals surface area contributed by atoms with Crippen molar-refractivity contribution in [1.29, 1.82) is 10.5 Å². The normalized spacial score (nSPS) is 16.3. The predicted octanol–water partition coefficient (Wildman–Crippen LogP) is 2.59. The number of nitrogens with two attached hydrogens (primary N) is 1. The summed E-state index contributed by atoms with van der Waals surface area (Å²) in [6.07, 6.45) is 1.09. The number of aryl methyl sites for hydroxylation is 1. The molecule has 0 bridgehead atoms. The number of carbonyl (C=O) groups excluding carboxylic acids is 1. The molecule has 0 saturated carbocycles. The molecule has 1 saturated heterocycles. The number of carbonyl (C=O) groups is 1. The second-order valence-corrected chi connectivity index (χ2v) is 7.48. The maximum absolute atomic E-state index is 12.6. The maximum atomic E-state index is 12.6. The van der Waals surface area contributed by atoms with Crippen molar-refractivity contribution in [3.63, 3.8) is 0 Å². The minimum atomic E-state index is -1.01. The van der Waals surface area contributed by atoms with E-state index in [1.165, 1.54) is 5.56 Å². The first-order chi connectivity index (χ1) is 13.9. The Labute approximate surface area is 170 Å². The van der Waals surface area contributed by atoms with Crippen molar-refractivity contribution in [1.82, 2.24) is 5.32 Å². The summed E-state index contributed by atoms with van der Waals surface area (Å²) < 4.78 is 5.27. The molecule has 0 spiro atoms. The molecule has 6 nitrogen and oxygen atoms in total. The van der Waals surface area contributed by atoms with E-state index < -0.39 is 11.6 Å². The molecule has 1 unspecified atom stereocenters. The number of hydrogen-bond acceptors (Lipinski definition) is 5. The number of nitrogens with one attached hydrogen (secondary N) is 1. The number of ether oxygens (including phenoxy) is 1. The Bertz CT molecular complexity index is 964. The average Bonchev–Trinajstić information content (AvgIpc) is 2.74. The summed E-state index contributed by atoms with van der Waals surface area (Å²) in [7, 11) is 0. The van der Waals surface area contributed by atoms with Crippen LogP contribution in [0.3, 0.4) is 0 Å². The minimum absolute atomic E-state index is 0.242. The van der Waals surface area contributed by atoms with Gasteiger partial charge in [0.2, 0.25) is 5.91 Å². The van der Waals surface area contributed by atoms with E-state index in [1.807, 2.05) is 49.4 Å². The molecule has 0 radical (unpaired) electrons. The van der Waals surface area contributed by atoms with Crippen LogP contribution in [0.25, 0.3) is 11.1 Å². The lowest BCUT2D eigenvalue weighted by Crippen LogP contribution is -2.58. The van der Waals surface area contributed by atoms with Crippen LogP contribution in [0.15, 0.2) is 42.5 Å². The Hall–Kier alpha value is -3.19. The molecule has 0 aliphatic carbocycles. The maximum Gasteiger partial charge on any atom is 0.241 e. The highest BCUT2D eigenvalue weighted by molar-refractivity contribution is 5.86. The number of benzene rings is 2. The first-order valence-corrected chi connectivity index (χ1v) is 9.62. The van der Waals surface area contributed by atoms with Crippen LogP contribution < -0.4 is 11.1 Å². The van der Waals surface area contributed by atoms with E-state index in [2.05, 4.69) is 17.5 Å². The van der Waals surface area contributed by atoms with Gasteiger partial charge in [-0.3, -0.25) is 4.79 Å². The van der Waals surface area contributed by atoms with E-state index in [0.29, 0.717) is 37.2 Å². The summed E-state index contributed by atoms with van der Waals surface area (Å²) in [6.45, 7) is 2.89. The quantitative estimate of drug-likeness (QED) is 0.818. The van der Waals surface area contributed by atoms with Crippen molar-refractivity contribution in [3.8, 4) is 23.3 Å². The fourth-order valence-electron chi connectivity index (χ4n) is 3.40. The van der Waals surface area contributed by atoms with Crippen LogP contribution in [0.1, 0.15) is 29.5 Å². The van der Waals surface area contributed by atoms with Gasteiger partial charge in [-0.1, -0.05) is 42.0 Å². The predicted molar refractivity (Wildman–Crippen MR) is 110 cm³/mol. The number of nitrogens with zero attached hydrogens (tertiary/aromatic N) is 2. The molecule has 1 heterocycles. The molecule has 1 amide bonds. The monoisotopic (exact) mass is 388 g/mol. The van der Waals surface area contributed by atoms with Gasteiger partial charge in [0.15, 0.2) is 0 Å². The van der Waals surface area contributed by atoms with Gasteiger partial charge in [0.05, 0.1) is 23.2 Å². The van der Waals surface area contributed by atoms with Gasteiger partial charge < -0.3 is 15.8 Å². The lowest BCUT2D eigenvalue weighted by atomic mass is 9.89. The van der Waals surface area contributed by atoms with Crippen LogP contribution in [-0.4, -0.2) is 30.7 Å². The zero-order valence-electron chi connectivity index (χ0n) is 16.4. The molecule has 6 heteroatoms. The lowest BCUT2D eigenvalue weighted by Gasteiger charge is -2.32. The summed E-state index contributed by atoms with van der Waals surface area (Å²) >= 11 is 0. The molecule has 29 heavy (non-hydrogen) atoms. The fourth-order valence-corrected chi connectivity index (χ4v) is 3.40. The third-order valence-corrected chi connectivity index (χ3v) is 5.34. The van der Waals surface area contributed by atoms with Crippen molar-refractivity contribution < 1.29 is 9.53 Å². The summed E-state index contributed by atoms with van der Waals surface area (Å²) in [5.41, 5.74) is 9.52. The van der Waals surface area contributed by atoms with Crippen LogP contribution in [0.5, 0.6) is 0 Å². The molecule has 3 rings (SSSR count). The van der Waals surface area contributed by atoms with Crippen molar-refractivity contribution in [3.05, 3.63) is 59.2 Å². The van der Waals surface area contributed by atoms with E-state index in [-0.39, 0.29) is 12.3 Å². The molecule has 1 aliphatic rings. The summed E-state index contributed by atoms with van der Waals surface area (Å²) in [4.78, 5) is 12.6. The smallest absolute Gasteiger partial charge is 0.241 e. The third kappa shape index (κ3) is 4.81. The zero-order chi connectivity index (χ0) is 20.9. The van der Waals surface area contributed by atoms with E-state index >= 15 is 0 Å². The highest BCUT2D eigenvalue weighted by Crippen LogP contribution is 2.24. The topological polar surface area (TPSA) is 112 Å². The van der Waals surface area contributed by atoms with Crippen LogP contribution >= 0.6 is 0 Å². The third-order valence-electron chi connectivity index (χ3n) is 5.34. The molecule has 3 N–H and O–H groups in total. The first-order valence-electron chi connectivity index (χ1n) is 9.62. The highest BCUT2D eigenvalue weighted by Gasteiger charge is 2.36. The summed E-state index contributed by atoms with van der Waals surface area (Å²) in [5.74, 6) is -0.345. The minimum Gasteiger partial charge on any atom is -0.381 e. The van der Waals surface area contributed by atoms with Gasteiger partial charge in [0.25, 0.3) is 0 Å². The Morgan fingerprint density at radius 2 is 1.83 bits per heavy atom. The molecule has 1 atom stereocenters. The van der Waals surface area contributed by atoms with E-state index in [9.17, 15) is 15.3 Å². The molecular weight excluding hydrogens is 364 g/mol. The standard InChI is InChI=1S/C23H24N4O2/c1-16-2-4-17(5-3-16)18-6-7-19(20(12-18)14-24)13-21(15-25)27-22(28)23(26)8-10-29-11-9-23/h2-7,12,21H,8-11,13,26H2,1H3,(H,27,28). The van der Waals surface area contributed by atoms with Crippen molar-refractivity contribution in [2.24, 2.45) is 5.73 Å². The average molecular weight is 388 g/mol. The van der Waals surface area contributed by atoms with Crippen molar-refractivity contribution >= 4 is 5.91 Å². The molecule has 2 aromatic carbocycles. The van der Waals surface area contributed by atoms with Crippen LogP contribution in [0, 0.1) is 29.6 Å². The van der Waals surface area contributed by atoms with E-state index in [4.69, 9.17) is 10.5 Å². The molecule has 1 aliphatic heterocycles. The van der Waals surface area contributed by atoms with Crippen LogP contribution in [0.4, 0.5) is 0 Å². The largest absolute Gasteiger partial charge is 0.381 e. The second-order valence-electron chi connectivity index (χ2n) is 7.48. The second kappa shape index (κ2) is 8.87. The summed E-state index contributed by atoms with van der Waals surface area (Å²) in [5, 5.41) is 21.9. The van der Waals surface area contributed by atoms with E-state index in [0.717, 1.165) is 11.1 Å². The lowest BCUT2D eigenvalue weighted by molar-refractivity contribution is -0.130. The Morgan fingerprint density at radius 1 is 1.17 bits per heavy atom. The van der Waals surface area contributed by atoms with Gasteiger partial charge in [-0.05, 0) is 42.5 Å². The molecule has 2 aromatic rings. The Morgan fingerprint density at radius 3 is 2.45 bits per heavy atom. The van der Waals surface area contributed by atoms with Gasteiger partial charge >= 0.3 is 0 Å². The number of hydrogen-bond donors (Lipinski definition) is 2. The van der Waals surface area contributed by atoms with Crippen molar-refractivity contribution in [2.75, 3.05) is 13.2 Å². The summed E-state index contributed by atoms with van der Waals surface area (Å²) in [6, 6.07) is 17.2. The fraction of sp³-hybridized carbons (Fsp3) is 0.348. The SMILES string of the molecule is Cc1ccc(-c2ccc(CC(C#N)NC(=O)C3(N)CCOCC3)c(C#N)c2)cc1. The van der Waals surface area contributed by atoms with Crippen LogP contribution in [-0.2, 0) is 16.0 Å². The Kier molecular flexibility index (Phi) is 6.29. The van der Waals surface area contributed by atoms with Crippen molar-refractivity contribution in [2.45, 2.75) is 37.8 Å². The van der Waals surface area contributed by atoms with Crippen LogP contribution in [0.2, 0.25) is 0 Å². The van der Waals surface area contributed by atoms with Gasteiger partial charge in [-0.2, -0.15) is 10.5 Å². The number of nitriles is 2. The first kappa shape index (κ1) is 20.5. The molecule has 0 aromatic heterocycles. The number of rotatable bonds is 5. The molecule has 1 fully saturated rings. The van der Waals surface area contributed by atoms with Gasteiger partial charge in [-0.25, -0.2) is 0 Å². The Balaban J connectivity index is 1.75. The molecular formula is C23H24N4O2. The zero-order valence-corrected chi connectivity index (χ0v) is 16.4. The van der Waals surface area contributed by atoms with Gasteiger partial charge in [0.1, 0.15) is 6.04 Å². The highest BCUT2D eigenvalue weighted by atomic mass is 16.5. The van der Waals surface area contributed by atoms with E-state index in [1.54, 1.807) is 0 Å². The molecule has 148 valence electrons. The number of amides is 1.